The van der Waals surface area contributed by atoms with Gasteiger partial charge in [-0.2, -0.15) is 0 Å². The van der Waals surface area contributed by atoms with E-state index < -0.39 is 0 Å². The summed E-state index contributed by atoms with van der Waals surface area (Å²) in [5.74, 6) is 0. The molecule has 0 bridgehead atoms. The highest BCUT2D eigenvalue weighted by Crippen LogP contribution is 2.17. The lowest BCUT2D eigenvalue weighted by atomic mass is 9.97. The Bertz CT molecular complexity index is 371. The lowest BCUT2D eigenvalue weighted by Gasteiger charge is -2.35. The van der Waals surface area contributed by atoms with Crippen molar-refractivity contribution in [1.29, 1.82) is 0 Å². The maximum absolute atomic E-state index is 3.33. The lowest BCUT2D eigenvalue weighted by Crippen LogP contribution is -2.56. The van der Waals surface area contributed by atoms with Crippen LogP contribution in [0, 0.1) is 20.8 Å². The van der Waals surface area contributed by atoms with Crippen LogP contribution >= 0.6 is 0 Å². The minimum atomic E-state index is 0.751. The average molecular weight is 232 g/mol. The van der Waals surface area contributed by atoms with Crippen LogP contribution in [0.5, 0.6) is 0 Å². The molecule has 1 aromatic rings. The van der Waals surface area contributed by atoms with E-state index in [1.165, 1.54) is 28.7 Å². The fourth-order valence-electron chi connectivity index (χ4n) is 2.66. The summed E-state index contributed by atoms with van der Waals surface area (Å²) in [6.07, 6.45) is 1.17. The molecule has 2 nitrogen and oxygen atoms in total. The van der Waals surface area contributed by atoms with E-state index in [-0.39, 0.29) is 0 Å². The number of hydrogen-bond donors (Lipinski definition) is 1. The zero-order valence-corrected chi connectivity index (χ0v) is 11.5. The second kappa shape index (κ2) is 5.19. The number of hydrogen-bond acceptors (Lipinski definition) is 2. The van der Waals surface area contributed by atoms with Gasteiger partial charge >= 0.3 is 0 Å². The Morgan fingerprint density at radius 2 is 1.76 bits per heavy atom. The van der Waals surface area contributed by atoms with Crippen molar-refractivity contribution in [3.05, 3.63) is 34.4 Å². The molecule has 0 amide bonds. The molecular weight excluding hydrogens is 208 g/mol. The fourth-order valence-corrected chi connectivity index (χ4v) is 2.66. The van der Waals surface area contributed by atoms with Crippen LogP contribution in [0.3, 0.4) is 0 Å². The van der Waals surface area contributed by atoms with Crippen molar-refractivity contribution in [3.8, 4) is 0 Å². The van der Waals surface area contributed by atoms with Crippen LogP contribution in [0.1, 0.15) is 22.3 Å². The third-order valence-electron chi connectivity index (χ3n) is 3.94. The van der Waals surface area contributed by atoms with E-state index in [0.29, 0.717) is 0 Å². The number of benzene rings is 1. The van der Waals surface area contributed by atoms with E-state index in [1.807, 2.05) is 0 Å². The topological polar surface area (TPSA) is 15.3 Å². The van der Waals surface area contributed by atoms with Gasteiger partial charge in [-0.3, -0.25) is 0 Å². The molecule has 0 saturated carbocycles. The first-order valence-electron chi connectivity index (χ1n) is 6.55. The molecule has 0 aliphatic carbocycles. The van der Waals surface area contributed by atoms with Crippen LogP contribution in [-0.2, 0) is 6.42 Å². The zero-order chi connectivity index (χ0) is 12.4. The second-order valence-electron chi connectivity index (χ2n) is 5.42. The highest BCUT2D eigenvalue weighted by atomic mass is 15.2. The molecule has 0 radical (unpaired) electrons. The summed E-state index contributed by atoms with van der Waals surface area (Å²) < 4.78 is 0. The van der Waals surface area contributed by atoms with E-state index >= 15 is 0 Å². The van der Waals surface area contributed by atoms with Gasteiger partial charge in [0.1, 0.15) is 0 Å². The van der Waals surface area contributed by atoms with Crippen molar-refractivity contribution in [2.45, 2.75) is 33.2 Å². The minimum Gasteiger partial charge on any atom is -0.314 e. The van der Waals surface area contributed by atoms with Crippen molar-refractivity contribution < 1.29 is 0 Å². The molecule has 94 valence electrons. The van der Waals surface area contributed by atoms with Crippen LogP contribution in [0.2, 0.25) is 0 Å². The molecule has 1 heterocycles. The maximum Gasteiger partial charge on any atom is 0.0342 e. The molecule has 1 saturated heterocycles. The molecule has 1 aliphatic heterocycles. The zero-order valence-electron chi connectivity index (χ0n) is 11.5. The third kappa shape index (κ3) is 2.88. The average Bonchev–Trinajstić information content (AvgIpc) is 2.12. The van der Waals surface area contributed by atoms with Gasteiger partial charge in [-0.1, -0.05) is 17.7 Å². The molecule has 0 atom stereocenters. The van der Waals surface area contributed by atoms with Crippen LogP contribution in [0.4, 0.5) is 0 Å². The Hall–Kier alpha value is -0.860. The highest BCUT2D eigenvalue weighted by molar-refractivity contribution is 5.37. The van der Waals surface area contributed by atoms with Gasteiger partial charge in [0.25, 0.3) is 0 Å². The van der Waals surface area contributed by atoms with Gasteiger partial charge in [-0.05, 0) is 50.9 Å². The van der Waals surface area contributed by atoms with Gasteiger partial charge < -0.3 is 10.2 Å². The Balaban J connectivity index is 1.98. The van der Waals surface area contributed by atoms with Crippen molar-refractivity contribution in [2.24, 2.45) is 0 Å². The molecule has 0 aromatic heterocycles. The molecule has 1 aliphatic rings. The molecule has 0 unspecified atom stereocenters. The van der Waals surface area contributed by atoms with E-state index in [0.717, 1.165) is 25.7 Å². The van der Waals surface area contributed by atoms with E-state index in [9.17, 15) is 0 Å². The predicted molar refractivity (Wildman–Crippen MR) is 73.6 cm³/mol. The Morgan fingerprint density at radius 3 is 2.24 bits per heavy atom. The van der Waals surface area contributed by atoms with Crippen molar-refractivity contribution in [3.63, 3.8) is 0 Å². The fraction of sp³-hybridized carbons (Fsp3) is 0.600. The first-order valence-corrected chi connectivity index (χ1v) is 6.55. The summed E-state index contributed by atoms with van der Waals surface area (Å²) in [4.78, 5) is 2.48. The van der Waals surface area contributed by atoms with Gasteiger partial charge in [-0.15, -0.1) is 0 Å². The highest BCUT2D eigenvalue weighted by Gasteiger charge is 2.21. The largest absolute Gasteiger partial charge is 0.314 e. The number of nitrogens with one attached hydrogen (secondary N) is 1. The van der Waals surface area contributed by atoms with E-state index in [2.05, 4.69) is 50.2 Å². The summed E-state index contributed by atoms with van der Waals surface area (Å²) in [6, 6.07) is 5.35. The van der Waals surface area contributed by atoms with Crippen LogP contribution < -0.4 is 5.32 Å². The van der Waals surface area contributed by atoms with Gasteiger partial charge in [0.2, 0.25) is 0 Å². The number of aryl methyl sites for hydroxylation is 3. The third-order valence-corrected chi connectivity index (χ3v) is 3.94. The summed E-state index contributed by atoms with van der Waals surface area (Å²) >= 11 is 0. The summed E-state index contributed by atoms with van der Waals surface area (Å²) in [6.45, 7) is 10.1. The van der Waals surface area contributed by atoms with Crippen LogP contribution in [0.25, 0.3) is 0 Å². The first-order chi connectivity index (χ1) is 8.08. The normalized spacial score (nSPS) is 16.3. The number of rotatable bonds is 4. The van der Waals surface area contributed by atoms with E-state index in [1.54, 1.807) is 0 Å². The van der Waals surface area contributed by atoms with Gasteiger partial charge in [0, 0.05) is 25.7 Å². The number of likely N-dealkylation sites (N-methyl/N-ethyl adjacent to an activating group) is 1. The predicted octanol–water partition coefficient (Wildman–Crippen LogP) is 2.06. The Labute approximate surface area is 105 Å². The Morgan fingerprint density at radius 1 is 1.18 bits per heavy atom. The molecule has 17 heavy (non-hydrogen) atoms. The van der Waals surface area contributed by atoms with Gasteiger partial charge in [0.05, 0.1) is 0 Å². The molecule has 2 rings (SSSR count). The lowest BCUT2D eigenvalue weighted by molar-refractivity contribution is 0.182. The maximum atomic E-state index is 3.33. The number of nitrogens with zero attached hydrogens (tertiary/aromatic N) is 1. The quantitative estimate of drug-likeness (QED) is 0.855. The van der Waals surface area contributed by atoms with Crippen molar-refractivity contribution in [2.75, 3.05) is 26.7 Å². The summed E-state index contributed by atoms with van der Waals surface area (Å²) in [5.41, 5.74) is 5.81. The molecule has 1 aromatic carbocycles. The van der Waals surface area contributed by atoms with Crippen molar-refractivity contribution >= 4 is 0 Å². The monoisotopic (exact) mass is 232 g/mol. The SMILES string of the molecule is Cc1cc(C)c(CCN(C)C2CNC2)c(C)c1. The summed E-state index contributed by atoms with van der Waals surface area (Å²) in [5, 5.41) is 3.33. The molecule has 1 fully saturated rings. The first kappa shape index (κ1) is 12.6. The second-order valence-corrected chi connectivity index (χ2v) is 5.42. The molecular formula is C15H24N2. The summed E-state index contributed by atoms with van der Waals surface area (Å²) in [7, 11) is 2.24. The van der Waals surface area contributed by atoms with Gasteiger partial charge in [0.15, 0.2) is 0 Å². The van der Waals surface area contributed by atoms with Crippen molar-refractivity contribution in [1.82, 2.24) is 10.2 Å². The van der Waals surface area contributed by atoms with Gasteiger partial charge in [-0.25, -0.2) is 0 Å². The molecule has 2 heteroatoms. The van der Waals surface area contributed by atoms with E-state index in [4.69, 9.17) is 0 Å². The Kier molecular flexibility index (Phi) is 3.85. The van der Waals surface area contributed by atoms with Crippen LogP contribution in [-0.4, -0.2) is 37.6 Å². The minimum absolute atomic E-state index is 0.751. The standard InChI is InChI=1S/C15H24N2/c1-11-7-12(2)15(13(3)8-11)5-6-17(4)14-9-16-10-14/h7-8,14,16H,5-6,9-10H2,1-4H3. The van der Waals surface area contributed by atoms with Crippen LogP contribution in [0.15, 0.2) is 12.1 Å². The smallest absolute Gasteiger partial charge is 0.0342 e. The molecule has 0 spiro atoms. The molecule has 1 N–H and O–H groups in total.